The first-order valence-corrected chi connectivity index (χ1v) is 8.58. The molecule has 0 unspecified atom stereocenters. The van der Waals surface area contributed by atoms with E-state index in [1.165, 1.54) is 6.07 Å². The zero-order chi connectivity index (χ0) is 16.3. The monoisotopic (exact) mass is 313 g/mol. The zero-order valence-electron chi connectivity index (χ0n) is 13.6. The predicted octanol–water partition coefficient (Wildman–Crippen LogP) is 1.70. The Morgan fingerprint density at radius 3 is 2.43 bits per heavy atom. The average Bonchev–Trinajstić information content (AvgIpc) is 2.35. The summed E-state index contributed by atoms with van der Waals surface area (Å²) in [5.74, 6) is 0. The second kappa shape index (κ2) is 6.77. The third-order valence-electron chi connectivity index (χ3n) is 3.25. The van der Waals surface area contributed by atoms with Crippen LogP contribution in [0.3, 0.4) is 0 Å². The Balaban J connectivity index is 2.95. The Kier molecular flexibility index (Phi) is 5.78. The van der Waals surface area contributed by atoms with Gasteiger partial charge in [-0.2, -0.15) is 0 Å². The second-order valence-electron chi connectivity index (χ2n) is 6.45. The van der Waals surface area contributed by atoms with E-state index in [-0.39, 0.29) is 10.3 Å². The molecule has 1 rings (SSSR count). The highest BCUT2D eigenvalue weighted by molar-refractivity contribution is 7.89. The normalized spacial score (nSPS) is 12.9. The summed E-state index contributed by atoms with van der Waals surface area (Å²) >= 11 is 0. The number of nitrogens with one attached hydrogen (secondary N) is 1. The molecular weight excluding hydrogens is 286 g/mol. The molecule has 0 bridgehead atoms. The smallest absolute Gasteiger partial charge is 0.240 e. The van der Waals surface area contributed by atoms with Crippen molar-refractivity contribution >= 4 is 15.7 Å². The molecule has 120 valence electrons. The van der Waals surface area contributed by atoms with Crippen LogP contribution >= 0.6 is 0 Å². The number of hydrogen-bond donors (Lipinski definition) is 2. The van der Waals surface area contributed by atoms with E-state index >= 15 is 0 Å². The molecule has 0 aliphatic carbocycles. The summed E-state index contributed by atoms with van der Waals surface area (Å²) in [6.45, 7) is 7.18. The third-order valence-corrected chi connectivity index (χ3v) is 4.73. The van der Waals surface area contributed by atoms with Crippen molar-refractivity contribution < 1.29 is 8.42 Å². The van der Waals surface area contributed by atoms with Crippen LogP contribution in [0, 0.1) is 5.41 Å². The molecule has 21 heavy (non-hydrogen) atoms. The first-order chi connectivity index (χ1) is 9.57. The molecule has 0 amide bonds. The number of nitrogens with two attached hydrogens (primary N) is 1. The van der Waals surface area contributed by atoms with Crippen LogP contribution in [0.4, 0.5) is 5.69 Å². The largest absolute Gasteiger partial charge is 0.399 e. The second-order valence-corrected chi connectivity index (χ2v) is 8.18. The van der Waals surface area contributed by atoms with E-state index < -0.39 is 10.0 Å². The summed E-state index contributed by atoms with van der Waals surface area (Å²) < 4.78 is 27.7. The molecule has 1 aromatic carbocycles. The van der Waals surface area contributed by atoms with E-state index in [4.69, 9.17) is 5.73 Å². The lowest BCUT2D eigenvalue weighted by Gasteiger charge is -2.28. The van der Waals surface area contributed by atoms with Crippen LogP contribution in [-0.2, 0) is 16.4 Å². The highest BCUT2D eigenvalue weighted by atomic mass is 32.2. The molecule has 3 N–H and O–H groups in total. The fourth-order valence-corrected chi connectivity index (χ4v) is 3.98. The number of rotatable bonds is 7. The molecule has 0 saturated carbocycles. The van der Waals surface area contributed by atoms with Crippen LogP contribution in [0.5, 0.6) is 0 Å². The molecule has 0 saturated heterocycles. The molecule has 0 spiro atoms. The van der Waals surface area contributed by atoms with Crippen molar-refractivity contribution in [3.8, 4) is 0 Å². The van der Waals surface area contributed by atoms with Gasteiger partial charge in [-0.25, -0.2) is 13.1 Å². The van der Waals surface area contributed by atoms with Crippen molar-refractivity contribution in [3.63, 3.8) is 0 Å². The molecule has 1 aromatic rings. The van der Waals surface area contributed by atoms with E-state index in [1.807, 2.05) is 39.8 Å². The van der Waals surface area contributed by atoms with E-state index in [1.54, 1.807) is 12.1 Å². The van der Waals surface area contributed by atoms with Gasteiger partial charge in [-0.3, -0.25) is 0 Å². The van der Waals surface area contributed by atoms with Crippen molar-refractivity contribution in [1.29, 1.82) is 0 Å². The van der Waals surface area contributed by atoms with E-state index in [0.29, 0.717) is 18.7 Å². The van der Waals surface area contributed by atoms with Crippen LogP contribution in [0.15, 0.2) is 23.1 Å². The fraction of sp³-hybridized carbons (Fsp3) is 0.600. The van der Waals surface area contributed by atoms with Gasteiger partial charge in [-0.05, 0) is 43.6 Å². The average molecular weight is 313 g/mol. The van der Waals surface area contributed by atoms with Gasteiger partial charge in [0.2, 0.25) is 10.0 Å². The summed E-state index contributed by atoms with van der Waals surface area (Å²) in [5, 5.41) is 0. The summed E-state index contributed by atoms with van der Waals surface area (Å²) in [6, 6.07) is 5.03. The summed E-state index contributed by atoms with van der Waals surface area (Å²) in [6.07, 6.45) is 0.650. The molecule has 6 heteroatoms. The van der Waals surface area contributed by atoms with Crippen LogP contribution < -0.4 is 10.5 Å². The van der Waals surface area contributed by atoms with Crippen molar-refractivity contribution in [2.45, 2.75) is 32.1 Å². The third kappa shape index (κ3) is 5.30. The van der Waals surface area contributed by atoms with Gasteiger partial charge in [0.15, 0.2) is 0 Å². The number of sulfonamides is 1. The lowest BCUT2D eigenvalue weighted by atomic mass is 9.93. The number of hydrogen-bond acceptors (Lipinski definition) is 4. The van der Waals surface area contributed by atoms with Crippen LogP contribution in [0.25, 0.3) is 0 Å². The van der Waals surface area contributed by atoms with Gasteiger partial charge in [0.25, 0.3) is 0 Å². The topological polar surface area (TPSA) is 75.4 Å². The van der Waals surface area contributed by atoms with Gasteiger partial charge >= 0.3 is 0 Å². The SMILES string of the molecule is CCc1ccc(N)cc1S(=O)(=O)NCC(C)(C)CN(C)C. The number of benzene rings is 1. The predicted molar refractivity (Wildman–Crippen MR) is 87.8 cm³/mol. The summed E-state index contributed by atoms with van der Waals surface area (Å²) in [5.41, 5.74) is 6.82. The first kappa shape index (κ1) is 17.9. The van der Waals surface area contributed by atoms with E-state index in [0.717, 1.165) is 12.1 Å². The van der Waals surface area contributed by atoms with Gasteiger partial charge in [0.1, 0.15) is 0 Å². The maximum atomic E-state index is 12.5. The van der Waals surface area contributed by atoms with Gasteiger partial charge in [-0.15, -0.1) is 0 Å². The maximum Gasteiger partial charge on any atom is 0.240 e. The Bertz CT molecular complexity index is 581. The van der Waals surface area contributed by atoms with Gasteiger partial charge < -0.3 is 10.6 Å². The maximum absolute atomic E-state index is 12.5. The molecule has 0 atom stereocenters. The molecule has 0 radical (unpaired) electrons. The highest BCUT2D eigenvalue weighted by Crippen LogP contribution is 2.21. The highest BCUT2D eigenvalue weighted by Gasteiger charge is 2.24. The summed E-state index contributed by atoms with van der Waals surface area (Å²) in [7, 11) is 0.408. The molecular formula is C15H27N3O2S. The standard InChI is InChI=1S/C15H27N3O2S/c1-6-12-7-8-13(16)9-14(12)21(19,20)17-10-15(2,3)11-18(4)5/h7-9,17H,6,10-11,16H2,1-5H3. The molecule has 0 aliphatic heterocycles. The van der Waals surface area contributed by atoms with Crippen molar-refractivity contribution in [1.82, 2.24) is 9.62 Å². The quantitative estimate of drug-likeness (QED) is 0.751. The fourth-order valence-electron chi connectivity index (χ4n) is 2.39. The van der Waals surface area contributed by atoms with Crippen molar-refractivity contribution in [2.24, 2.45) is 5.41 Å². The minimum atomic E-state index is -3.54. The Labute approximate surface area is 128 Å². The number of anilines is 1. The van der Waals surface area contributed by atoms with E-state index in [2.05, 4.69) is 4.72 Å². The lowest BCUT2D eigenvalue weighted by Crippen LogP contribution is -2.40. The molecule has 0 fully saturated rings. The molecule has 0 aromatic heterocycles. The number of nitrogens with zero attached hydrogens (tertiary/aromatic N) is 1. The zero-order valence-corrected chi connectivity index (χ0v) is 14.4. The Morgan fingerprint density at radius 2 is 1.90 bits per heavy atom. The minimum absolute atomic E-state index is 0.150. The van der Waals surface area contributed by atoms with Crippen molar-refractivity contribution in [2.75, 3.05) is 32.9 Å². The number of aryl methyl sites for hydroxylation is 1. The van der Waals surface area contributed by atoms with Gasteiger partial charge in [0.05, 0.1) is 4.90 Å². The van der Waals surface area contributed by atoms with Crippen LogP contribution in [0.1, 0.15) is 26.3 Å². The molecule has 0 heterocycles. The van der Waals surface area contributed by atoms with Gasteiger partial charge in [0, 0.05) is 18.8 Å². The lowest BCUT2D eigenvalue weighted by molar-refractivity contribution is 0.242. The van der Waals surface area contributed by atoms with Crippen molar-refractivity contribution in [3.05, 3.63) is 23.8 Å². The molecule has 5 nitrogen and oxygen atoms in total. The Morgan fingerprint density at radius 1 is 1.29 bits per heavy atom. The molecule has 0 aliphatic rings. The number of nitrogen functional groups attached to an aromatic ring is 1. The minimum Gasteiger partial charge on any atom is -0.399 e. The van der Waals surface area contributed by atoms with Crippen LogP contribution in [0.2, 0.25) is 0 Å². The first-order valence-electron chi connectivity index (χ1n) is 7.10. The van der Waals surface area contributed by atoms with Gasteiger partial charge in [-0.1, -0.05) is 26.8 Å². The van der Waals surface area contributed by atoms with E-state index in [9.17, 15) is 8.42 Å². The summed E-state index contributed by atoms with van der Waals surface area (Å²) in [4.78, 5) is 2.33. The Hall–Kier alpha value is -1.11. The van der Waals surface area contributed by atoms with Crippen LogP contribution in [-0.4, -0.2) is 40.5 Å².